The van der Waals surface area contributed by atoms with E-state index in [9.17, 15) is 4.79 Å². The summed E-state index contributed by atoms with van der Waals surface area (Å²) in [5.41, 5.74) is 3.40. The summed E-state index contributed by atoms with van der Waals surface area (Å²) in [6.45, 7) is 14.6. The third-order valence-electron chi connectivity index (χ3n) is 6.72. The minimum atomic E-state index is -0.359. The molecule has 0 atom stereocenters. The van der Waals surface area contributed by atoms with E-state index in [2.05, 4.69) is 56.2 Å². The number of aromatic nitrogens is 1. The van der Waals surface area contributed by atoms with Crippen molar-refractivity contribution in [3.63, 3.8) is 0 Å². The van der Waals surface area contributed by atoms with Crippen LogP contribution in [0, 0.1) is 0 Å². The van der Waals surface area contributed by atoms with Gasteiger partial charge in [-0.2, -0.15) is 0 Å². The molecule has 0 saturated carbocycles. The van der Waals surface area contributed by atoms with Crippen molar-refractivity contribution in [1.82, 2.24) is 4.57 Å². The largest absolute Gasteiger partial charge is 0.490 e. The van der Waals surface area contributed by atoms with Gasteiger partial charge in [0.2, 0.25) is 0 Å². The van der Waals surface area contributed by atoms with E-state index in [1.165, 1.54) is 0 Å². The Hall–Kier alpha value is -2.74. The van der Waals surface area contributed by atoms with E-state index in [0.717, 1.165) is 45.5 Å². The molecule has 204 valence electrons. The number of hydrogen-bond acceptors (Lipinski definition) is 6. The number of methoxy groups -OCH3 is 1. The number of thioether (sulfide) groups is 1. The summed E-state index contributed by atoms with van der Waals surface area (Å²) in [5.74, 6) is 0.419. The number of carbonyl (C=O) groups excluding carboxylic acids is 1. The molecule has 0 bridgehead atoms. The van der Waals surface area contributed by atoms with Gasteiger partial charge >= 0.3 is 5.97 Å². The first-order valence-corrected chi connectivity index (χ1v) is 14.0. The molecular weight excluding hydrogens is 498 g/mol. The highest BCUT2D eigenvalue weighted by atomic mass is 32.2. The third kappa shape index (κ3) is 6.11. The van der Waals surface area contributed by atoms with Crippen LogP contribution < -0.4 is 4.74 Å². The van der Waals surface area contributed by atoms with Gasteiger partial charge in [0, 0.05) is 54.7 Å². The number of carbonyl (C=O) groups is 1. The number of hydrogen-bond donors (Lipinski definition) is 0. The van der Waals surface area contributed by atoms with Crippen LogP contribution in [0.25, 0.3) is 10.9 Å². The highest BCUT2D eigenvalue weighted by molar-refractivity contribution is 8.00. The monoisotopic (exact) mass is 537 g/mol. The normalized spacial score (nSPS) is 15.4. The lowest BCUT2D eigenvalue weighted by atomic mass is 9.85. The Morgan fingerprint density at radius 3 is 2.61 bits per heavy atom. The molecule has 0 radical (unpaired) electrons. The molecule has 0 N–H and O–H groups in total. The predicted octanol–water partition coefficient (Wildman–Crippen LogP) is 6.97. The highest BCUT2D eigenvalue weighted by Crippen LogP contribution is 2.43. The fraction of sp³-hybridized carbons (Fsp3) is 0.452. The van der Waals surface area contributed by atoms with Crippen LogP contribution in [0.3, 0.4) is 0 Å². The first-order chi connectivity index (χ1) is 18.2. The quantitative estimate of drug-likeness (QED) is 0.158. The van der Waals surface area contributed by atoms with Gasteiger partial charge < -0.3 is 23.5 Å². The minimum Gasteiger partial charge on any atom is -0.490 e. The molecule has 0 amide bonds. The lowest BCUT2D eigenvalue weighted by Gasteiger charge is -2.36. The summed E-state index contributed by atoms with van der Waals surface area (Å²) in [6.07, 6.45) is 3.35. The summed E-state index contributed by atoms with van der Waals surface area (Å²) in [7, 11) is 1.78. The standard InChI is InChI=1S/C31H39NO5S/c1-7-16-37-24-12-13-26-25(20-24)28(38-30(3,4)5)27(29(33)36-8-2)32(26)21-22-10-9-11-23(19-22)31(34-6)14-17-35-18-15-31/h7,9-13,19-20H,1,8,14-18,21H2,2-6H3. The summed E-state index contributed by atoms with van der Waals surface area (Å²) in [4.78, 5) is 14.4. The van der Waals surface area contributed by atoms with Crippen molar-refractivity contribution in [2.24, 2.45) is 0 Å². The Morgan fingerprint density at radius 2 is 1.95 bits per heavy atom. The topological polar surface area (TPSA) is 58.9 Å². The van der Waals surface area contributed by atoms with Crippen LogP contribution in [-0.2, 0) is 26.4 Å². The van der Waals surface area contributed by atoms with Gasteiger partial charge in [-0.3, -0.25) is 0 Å². The molecule has 1 aliphatic rings. The average molecular weight is 538 g/mol. The van der Waals surface area contributed by atoms with Crippen LogP contribution in [0.5, 0.6) is 5.75 Å². The van der Waals surface area contributed by atoms with Crippen molar-refractivity contribution >= 4 is 28.6 Å². The molecule has 38 heavy (non-hydrogen) atoms. The van der Waals surface area contributed by atoms with Crippen LogP contribution >= 0.6 is 11.8 Å². The van der Waals surface area contributed by atoms with Crippen molar-refractivity contribution in [3.8, 4) is 5.75 Å². The maximum atomic E-state index is 13.5. The number of esters is 1. The molecule has 6 nitrogen and oxygen atoms in total. The Balaban J connectivity index is 1.86. The second-order valence-corrected chi connectivity index (χ2v) is 12.3. The fourth-order valence-corrected chi connectivity index (χ4v) is 6.15. The molecule has 1 aliphatic heterocycles. The molecule has 0 spiro atoms. The summed E-state index contributed by atoms with van der Waals surface area (Å²) in [5, 5.41) is 0.975. The van der Waals surface area contributed by atoms with E-state index >= 15 is 0 Å². The zero-order chi connectivity index (χ0) is 27.3. The number of nitrogens with zero attached hydrogens (tertiary/aromatic N) is 1. The van der Waals surface area contributed by atoms with Gasteiger partial charge in [0.05, 0.1) is 17.7 Å². The second kappa shape index (κ2) is 12.0. The summed E-state index contributed by atoms with van der Waals surface area (Å²) in [6, 6.07) is 14.5. The fourth-order valence-electron chi connectivity index (χ4n) is 4.97. The van der Waals surface area contributed by atoms with Crippen molar-refractivity contribution in [2.75, 3.05) is 33.5 Å². The van der Waals surface area contributed by atoms with Gasteiger partial charge in [-0.1, -0.05) is 57.7 Å². The number of rotatable bonds is 10. The molecule has 0 aliphatic carbocycles. The number of ether oxygens (including phenoxy) is 4. The Morgan fingerprint density at radius 1 is 1.18 bits per heavy atom. The van der Waals surface area contributed by atoms with Crippen molar-refractivity contribution < 1.29 is 23.7 Å². The van der Waals surface area contributed by atoms with Crippen LogP contribution in [0.1, 0.15) is 62.2 Å². The lowest BCUT2D eigenvalue weighted by Crippen LogP contribution is -2.35. The summed E-state index contributed by atoms with van der Waals surface area (Å²) < 4.78 is 25.1. The van der Waals surface area contributed by atoms with Crippen molar-refractivity contribution in [1.29, 1.82) is 0 Å². The van der Waals surface area contributed by atoms with Crippen LogP contribution in [0.15, 0.2) is 60.0 Å². The van der Waals surface area contributed by atoms with Crippen LogP contribution in [0.2, 0.25) is 0 Å². The molecule has 7 heteroatoms. The Bertz CT molecular complexity index is 1280. The number of fused-ring (bicyclic) bond motifs is 1. The van der Waals surface area contributed by atoms with Gasteiger partial charge in [-0.05, 0) is 36.2 Å². The van der Waals surface area contributed by atoms with Gasteiger partial charge in [0.25, 0.3) is 0 Å². The van der Waals surface area contributed by atoms with E-state index in [1.807, 2.05) is 25.1 Å². The van der Waals surface area contributed by atoms with E-state index in [0.29, 0.717) is 38.7 Å². The van der Waals surface area contributed by atoms with Crippen LogP contribution in [-0.4, -0.2) is 48.8 Å². The third-order valence-corrected chi connectivity index (χ3v) is 7.95. The predicted molar refractivity (Wildman–Crippen MR) is 153 cm³/mol. The van der Waals surface area contributed by atoms with Crippen molar-refractivity contribution in [3.05, 3.63) is 71.9 Å². The smallest absolute Gasteiger partial charge is 0.356 e. The van der Waals surface area contributed by atoms with E-state index in [1.54, 1.807) is 24.9 Å². The summed E-state index contributed by atoms with van der Waals surface area (Å²) >= 11 is 1.67. The molecule has 3 aromatic rings. The van der Waals surface area contributed by atoms with Gasteiger partial charge in [-0.15, -0.1) is 11.8 Å². The SMILES string of the molecule is C=CCOc1ccc2c(c1)c(SC(C)(C)C)c(C(=O)OCC)n2Cc1cccc(C2(OC)CCOCC2)c1. The second-order valence-electron chi connectivity index (χ2n) is 10.5. The average Bonchev–Trinajstić information content (AvgIpc) is 3.19. The first kappa shape index (κ1) is 28.3. The zero-order valence-corrected chi connectivity index (χ0v) is 24.0. The van der Waals surface area contributed by atoms with Gasteiger partial charge in [-0.25, -0.2) is 4.79 Å². The molecule has 4 rings (SSSR count). The Labute approximate surface area is 230 Å². The molecule has 1 saturated heterocycles. The lowest BCUT2D eigenvalue weighted by molar-refractivity contribution is -0.0948. The molecule has 1 aromatic heterocycles. The van der Waals surface area contributed by atoms with E-state index in [4.69, 9.17) is 18.9 Å². The first-order valence-electron chi connectivity index (χ1n) is 13.2. The van der Waals surface area contributed by atoms with Crippen LogP contribution in [0.4, 0.5) is 0 Å². The molecule has 2 aromatic carbocycles. The zero-order valence-electron chi connectivity index (χ0n) is 23.2. The molecule has 0 unspecified atom stereocenters. The molecule has 1 fully saturated rings. The minimum absolute atomic E-state index is 0.119. The maximum Gasteiger partial charge on any atom is 0.356 e. The molecule has 2 heterocycles. The Kier molecular flexibility index (Phi) is 8.91. The van der Waals surface area contributed by atoms with Gasteiger partial charge in [0.15, 0.2) is 0 Å². The van der Waals surface area contributed by atoms with Crippen molar-refractivity contribution in [2.45, 2.75) is 62.3 Å². The maximum absolute atomic E-state index is 13.5. The van der Waals surface area contributed by atoms with E-state index in [-0.39, 0.29) is 16.3 Å². The highest BCUT2D eigenvalue weighted by Gasteiger charge is 2.35. The molecular formula is C31H39NO5S. The number of benzene rings is 2. The van der Waals surface area contributed by atoms with Gasteiger partial charge in [0.1, 0.15) is 18.1 Å². The van der Waals surface area contributed by atoms with E-state index < -0.39 is 0 Å².